The number of hydrogen-bond acceptors (Lipinski definition) is 3. The SMILES string of the molecule is Cc1ccc(Br)cc1-c1cnc(C2(CN)COC2)[nH]1. The molecule has 5 heteroatoms. The molecule has 100 valence electrons. The fraction of sp³-hybridized carbons (Fsp3) is 0.357. The second-order valence-corrected chi connectivity index (χ2v) is 6.00. The normalized spacial score (nSPS) is 17.2. The number of imidazole rings is 1. The van der Waals surface area contributed by atoms with E-state index in [9.17, 15) is 0 Å². The zero-order chi connectivity index (χ0) is 13.5. The molecule has 1 aliphatic heterocycles. The topological polar surface area (TPSA) is 63.9 Å². The van der Waals surface area contributed by atoms with Gasteiger partial charge in [0, 0.05) is 16.6 Å². The Balaban J connectivity index is 1.99. The first-order chi connectivity index (χ1) is 9.14. The van der Waals surface area contributed by atoms with E-state index in [1.807, 2.05) is 12.3 Å². The average Bonchev–Trinajstić information content (AvgIpc) is 2.81. The predicted molar refractivity (Wildman–Crippen MR) is 78.0 cm³/mol. The summed E-state index contributed by atoms with van der Waals surface area (Å²) in [6, 6.07) is 6.22. The Bertz CT molecular complexity index is 599. The second-order valence-electron chi connectivity index (χ2n) is 5.08. The number of nitrogens with zero attached hydrogens (tertiary/aromatic N) is 1. The van der Waals surface area contributed by atoms with Gasteiger partial charge in [-0.2, -0.15) is 0 Å². The number of nitrogens with one attached hydrogen (secondary N) is 1. The van der Waals surface area contributed by atoms with Crippen molar-refractivity contribution in [3.63, 3.8) is 0 Å². The van der Waals surface area contributed by atoms with Crippen LogP contribution in [0.15, 0.2) is 28.9 Å². The zero-order valence-electron chi connectivity index (χ0n) is 10.7. The number of benzene rings is 1. The van der Waals surface area contributed by atoms with Crippen molar-refractivity contribution in [2.75, 3.05) is 19.8 Å². The summed E-state index contributed by atoms with van der Waals surface area (Å²) in [7, 11) is 0. The van der Waals surface area contributed by atoms with E-state index in [4.69, 9.17) is 10.5 Å². The molecule has 1 aromatic heterocycles. The molecule has 0 bridgehead atoms. The van der Waals surface area contributed by atoms with E-state index in [-0.39, 0.29) is 5.41 Å². The molecule has 0 amide bonds. The van der Waals surface area contributed by atoms with Crippen LogP contribution >= 0.6 is 15.9 Å². The van der Waals surface area contributed by atoms with E-state index in [1.54, 1.807) is 0 Å². The van der Waals surface area contributed by atoms with Crippen molar-refractivity contribution in [1.82, 2.24) is 9.97 Å². The minimum Gasteiger partial charge on any atom is -0.379 e. The molecule has 4 nitrogen and oxygen atoms in total. The molecule has 0 unspecified atom stereocenters. The number of rotatable bonds is 3. The quantitative estimate of drug-likeness (QED) is 0.912. The van der Waals surface area contributed by atoms with Crippen LogP contribution in [0.4, 0.5) is 0 Å². The number of aromatic nitrogens is 2. The molecule has 3 rings (SSSR count). The van der Waals surface area contributed by atoms with Crippen LogP contribution in [-0.2, 0) is 10.2 Å². The molecule has 0 saturated carbocycles. The lowest BCUT2D eigenvalue weighted by atomic mass is 9.85. The van der Waals surface area contributed by atoms with Gasteiger partial charge in [-0.05, 0) is 24.6 Å². The third-order valence-electron chi connectivity index (χ3n) is 3.72. The third kappa shape index (κ3) is 2.12. The summed E-state index contributed by atoms with van der Waals surface area (Å²) in [5, 5.41) is 0. The largest absolute Gasteiger partial charge is 0.379 e. The molecule has 1 saturated heterocycles. The number of aromatic amines is 1. The molecule has 1 aliphatic rings. The first kappa shape index (κ1) is 12.8. The zero-order valence-corrected chi connectivity index (χ0v) is 12.3. The van der Waals surface area contributed by atoms with Crippen LogP contribution in [0.3, 0.4) is 0 Å². The molecule has 1 aromatic carbocycles. The molecular weight excluding hydrogens is 306 g/mol. The molecule has 2 aromatic rings. The number of H-pyrrole nitrogens is 1. The summed E-state index contributed by atoms with van der Waals surface area (Å²) in [5.74, 6) is 0.927. The van der Waals surface area contributed by atoms with E-state index >= 15 is 0 Å². The first-order valence-electron chi connectivity index (χ1n) is 6.24. The van der Waals surface area contributed by atoms with Gasteiger partial charge < -0.3 is 15.5 Å². The standard InChI is InChI=1S/C14H16BrN3O/c1-9-2-3-10(15)4-11(9)12-5-17-13(18-12)14(6-16)7-19-8-14/h2-5H,6-8,16H2,1H3,(H,17,18). The molecule has 0 aliphatic carbocycles. The van der Waals surface area contributed by atoms with Crippen LogP contribution in [0, 0.1) is 6.92 Å². The van der Waals surface area contributed by atoms with Crippen LogP contribution in [0.5, 0.6) is 0 Å². The summed E-state index contributed by atoms with van der Waals surface area (Å²) in [6.07, 6.45) is 1.87. The van der Waals surface area contributed by atoms with Crippen LogP contribution in [0.1, 0.15) is 11.4 Å². The van der Waals surface area contributed by atoms with Gasteiger partial charge in [-0.1, -0.05) is 22.0 Å². The van der Waals surface area contributed by atoms with Gasteiger partial charge in [0.05, 0.1) is 30.5 Å². The Hall–Kier alpha value is -1.17. The molecule has 0 radical (unpaired) electrons. The highest BCUT2D eigenvalue weighted by molar-refractivity contribution is 9.10. The molecule has 3 N–H and O–H groups in total. The summed E-state index contributed by atoms with van der Waals surface area (Å²) in [4.78, 5) is 7.90. The third-order valence-corrected chi connectivity index (χ3v) is 4.21. The van der Waals surface area contributed by atoms with Gasteiger partial charge in [-0.3, -0.25) is 0 Å². The van der Waals surface area contributed by atoms with Crippen molar-refractivity contribution < 1.29 is 4.74 Å². The smallest absolute Gasteiger partial charge is 0.118 e. The number of aryl methyl sites for hydroxylation is 1. The maximum Gasteiger partial charge on any atom is 0.118 e. The van der Waals surface area contributed by atoms with Crippen molar-refractivity contribution in [2.45, 2.75) is 12.3 Å². The molecule has 2 heterocycles. The second kappa shape index (κ2) is 4.74. The van der Waals surface area contributed by atoms with Gasteiger partial charge in [0.1, 0.15) is 5.82 Å². The fourth-order valence-corrected chi connectivity index (χ4v) is 2.67. The van der Waals surface area contributed by atoms with Crippen LogP contribution in [-0.4, -0.2) is 29.7 Å². The maximum atomic E-state index is 5.86. The highest BCUT2D eigenvalue weighted by Crippen LogP contribution is 2.32. The van der Waals surface area contributed by atoms with Crippen LogP contribution in [0.25, 0.3) is 11.3 Å². The highest BCUT2D eigenvalue weighted by atomic mass is 79.9. The van der Waals surface area contributed by atoms with Crippen LogP contribution in [0.2, 0.25) is 0 Å². The lowest BCUT2D eigenvalue weighted by molar-refractivity contribution is -0.0589. The molecule has 1 fully saturated rings. The minimum atomic E-state index is -0.127. The Kier molecular flexibility index (Phi) is 3.20. The molecule has 19 heavy (non-hydrogen) atoms. The lowest BCUT2D eigenvalue weighted by Crippen LogP contribution is -2.52. The fourth-order valence-electron chi connectivity index (χ4n) is 2.31. The van der Waals surface area contributed by atoms with Gasteiger partial charge in [0.25, 0.3) is 0 Å². The summed E-state index contributed by atoms with van der Waals surface area (Å²) in [5.41, 5.74) is 9.12. The molecular formula is C14H16BrN3O. The lowest BCUT2D eigenvalue weighted by Gasteiger charge is -2.38. The van der Waals surface area contributed by atoms with E-state index in [2.05, 4.69) is 45.0 Å². The van der Waals surface area contributed by atoms with Gasteiger partial charge in [-0.25, -0.2) is 4.98 Å². The van der Waals surface area contributed by atoms with E-state index in [0.29, 0.717) is 19.8 Å². The monoisotopic (exact) mass is 321 g/mol. The number of nitrogens with two attached hydrogens (primary N) is 1. The van der Waals surface area contributed by atoms with Gasteiger partial charge >= 0.3 is 0 Å². The van der Waals surface area contributed by atoms with E-state index in [0.717, 1.165) is 21.6 Å². The first-order valence-corrected chi connectivity index (χ1v) is 7.04. The maximum absolute atomic E-state index is 5.86. The van der Waals surface area contributed by atoms with Crippen molar-refractivity contribution in [1.29, 1.82) is 0 Å². The number of halogens is 1. The minimum absolute atomic E-state index is 0.127. The number of hydrogen-bond donors (Lipinski definition) is 2. The average molecular weight is 322 g/mol. The molecule has 0 atom stereocenters. The van der Waals surface area contributed by atoms with Crippen molar-refractivity contribution >= 4 is 15.9 Å². The Labute approximate surface area is 120 Å². The summed E-state index contributed by atoms with van der Waals surface area (Å²) >= 11 is 3.50. The van der Waals surface area contributed by atoms with Crippen molar-refractivity contribution in [2.24, 2.45) is 5.73 Å². The number of ether oxygens (including phenoxy) is 1. The van der Waals surface area contributed by atoms with E-state index < -0.39 is 0 Å². The van der Waals surface area contributed by atoms with Crippen molar-refractivity contribution in [3.8, 4) is 11.3 Å². The predicted octanol–water partition coefficient (Wildman–Crippen LogP) is 2.37. The Morgan fingerprint density at radius 1 is 1.47 bits per heavy atom. The van der Waals surface area contributed by atoms with E-state index in [1.165, 1.54) is 5.56 Å². The van der Waals surface area contributed by atoms with Crippen molar-refractivity contribution in [3.05, 3.63) is 40.3 Å². The van der Waals surface area contributed by atoms with Gasteiger partial charge in [0.2, 0.25) is 0 Å². The Morgan fingerprint density at radius 3 is 2.89 bits per heavy atom. The molecule has 0 spiro atoms. The highest BCUT2D eigenvalue weighted by Gasteiger charge is 2.41. The summed E-state index contributed by atoms with van der Waals surface area (Å²) in [6.45, 7) is 3.94. The van der Waals surface area contributed by atoms with Gasteiger partial charge in [0.15, 0.2) is 0 Å². The Morgan fingerprint density at radius 2 is 2.26 bits per heavy atom. The van der Waals surface area contributed by atoms with Gasteiger partial charge in [-0.15, -0.1) is 0 Å². The van der Waals surface area contributed by atoms with Crippen LogP contribution < -0.4 is 5.73 Å². The summed E-state index contributed by atoms with van der Waals surface area (Å²) < 4.78 is 6.35.